The number of nitrogens with one attached hydrogen (secondary N) is 4. The fourth-order valence-corrected chi connectivity index (χ4v) is 8.36. The van der Waals surface area contributed by atoms with Crippen LogP contribution in [0, 0.1) is 11.6 Å². The van der Waals surface area contributed by atoms with Gasteiger partial charge in [0.05, 0.1) is 53.5 Å². The Labute approximate surface area is 336 Å². The van der Waals surface area contributed by atoms with E-state index in [0.29, 0.717) is 48.9 Å². The lowest BCUT2D eigenvalue weighted by Crippen LogP contribution is -2.49. The number of benzene rings is 2. The first kappa shape index (κ1) is 43.5. The Morgan fingerprint density at radius 3 is 2.56 bits per heavy atom. The number of nitrogens with two attached hydrogens (primary N) is 1. The van der Waals surface area contributed by atoms with Gasteiger partial charge < -0.3 is 36.5 Å². The maximum absolute atomic E-state index is 14.1. The summed E-state index contributed by atoms with van der Waals surface area (Å²) in [4.78, 5) is 50.9. The zero-order chi connectivity index (χ0) is 41.2. The molecule has 5 rings (SSSR count). The van der Waals surface area contributed by atoms with Crippen LogP contribution in [0.2, 0.25) is 0 Å². The number of ketones is 1. The van der Waals surface area contributed by atoms with Crippen molar-refractivity contribution < 1.29 is 37.4 Å². The van der Waals surface area contributed by atoms with Crippen LogP contribution in [-0.4, -0.2) is 98.6 Å². The number of para-hydroxylation sites is 1. The number of halogens is 2. The lowest BCUT2D eigenvalue weighted by Gasteiger charge is -2.32. The van der Waals surface area contributed by atoms with Gasteiger partial charge in [-0.3, -0.25) is 14.4 Å². The number of nitrogens with zero attached hydrogens (tertiary/aromatic N) is 3. The fourth-order valence-electron chi connectivity index (χ4n) is 6.82. The Bertz CT molecular complexity index is 1860. The van der Waals surface area contributed by atoms with Gasteiger partial charge in [0.15, 0.2) is 23.2 Å². The summed E-state index contributed by atoms with van der Waals surface area (Å²) in [6, 6.07) is 9.20. The summed E-state index contributed by atoms with van der Waals surface area (Å²) in [5.41, 5.74) is 5.83. The zero-order valence-electron chi connectivity index (χ0n) is 32.9. The number of ether oxygens (including phenoxy) is 2. The van der Waals surface area contributed by atoms with Gasteiger partial charge in [-0.2, -0.15) is 11.8 Å². The van der Waals surface area contributed by atoms with E-state index in [0.717, 1.165) is 37.1 Å². The first-order valence-electron chi connectivity index (χ1n) is 19.4. The van der Waals surface area contributed by atoms with Gasteiger partial charge >= 0.3 is 6.03 Å². The number of hydrogen-bond acceptors (Lipinski definition) is 10. The summed E-state index contributed by atoms with van der Waals surface area (Å²) in [7, 11) is 0. The van der Waals surface area contributed by atoms with E-state index in [9.17, 15) is 28.0 Å². The Hall–Kier alpha value is -4.61. The molecule has 0 spiro atoms. The molecule has 17 heteroatoms. The molecule has 0 bridgehead atoms. The molecule has 0 radical (unpaired) electrons. The molecule has 2 fully saturated rings. The predicted octanol–water partition coefficient (Wildman–Crippen LogP) is 4.38. The quantitative estimate of drug-likeness (QED) is 0.0719. The van der Waals surface area contributed by atoms with Crippen molar-refractivity contribution in [3.8, 4) is 11.4 Å². The number of Topliss-reactive ketones (excluding diaryl/α,β-unsaturated/α-hetero) is 1. The molecule has 310 valence electrons. The molecule has 4 amide bonds. The number of urea groups is 1. The molecule has 14 nitrogen and oxygen atoms in total. The highest BCUT2D eigenvalue weighted by Gasteiger charge is 2.42. The summed E-state index contributed by atoms with van der Waals surface area (Å²) in [5.74, 6) is -2.71. The van der Waals surface area contributed by atoms with Crippen LogP contribution in [0.5, 0.6) is 5.75 Å². The number of rotatable bonds is 22. The Balaban J connectivity index is 1.09. The Morgan fingerprint density at radius 2 is 1.81 bits per heavy atom. The second kappa shape index (κ2) is 19.7. The molecular formula is C40H54F2N8O6S. The van der Waals surface area contributed by atoms with E-state index in [1.807, 2.05) is 39.5 Å². The number of amides is 4. The SMILES string of the molecule is CC(C)(COC(C)(C)Cc1cn(-c2cccc(C(=O)NC(CCCCN)C(=O)COc3c(F)cccc3F)c2)nn1)NC(=O)CCCC[C@@H]1SC[C@@H]2NC(=O)N[C@@H]21. The van der Waals surface area contributed by atoms with Gasteiger partial charge in [-0.1, -0.05) is 23.8 Å². The average Bonchev–Trinajstić information content (AvgIpc) is 3.88. The highest BCUT2D eigenvalue weighted by molar-refractivity contribution is 8.00. The molecule has 57 heavy (non-hydrogen) atoms. The molecule has 1 unspecified atom stereocenters. The predicted molar refractivity (Wildman–Crippen MR) is 212 cm³/mol. The van der Waals surface area contributed by atoms with Gasteiger partial charge in [-0.25, -0.2) is 18.3 Å². The van der Waals surface area contributed by atoms with Crippen molar-refractivity contribution in [3.63, 3.8) is 0 Å². The first-order valence-corrected chi connectivity index (χ1v) is 20.4. The molecule has 3 aromatic rings. The van der Waals surface area contributed by atoms with Crippen LogP contribution in [0.15, 0.2) is 48.7 Å². The normalized spacial score (nSPS) is 18.4. The van der Waals surface area contributed by atoms with Gasteiger partial charge in [0, 0.05) is 29.4 Å². The van der Waals surface area contributed by atoms with Crippen LogP contribution in [0.1, 0.15) is 88.7 Å². The molecule has 0 saturated carbocycles. The number of aromatic nitrogens is 3. The number of carbonyl (C=O) groups excluding carboxylic acids is 4. The molecule has 4 atom stereocenters. The summed E-state index contributed by atoms with van der Waals surface area (Å²) >= 11 is 1.87. The van der Waals surface area contributed by atoms with E-state index in [-0.39, 0.29) is 42.6 Å². The largest absolute Gasteiger partial charge is 0.480 e. The van der Waals surface area contributed by atoms with E-state index < -0.39 is 52.9 Å². The van der Waals surface area contributed by atoms with E-state index in [4.69, 9.17) is 15.2 Å². The fraction of sp³-hybridized carbons (Fsp3) is 0.550. The van der Waals surface area contributed by atoms with Crippen LogP contribution in [0.3, 0.4) is 0 Å². The molecular weight excluding hydrogens is 759 g/mol. The average molecular weight is 813 g/mol. The Morgan fingerprint density at radius 1 is 1.05 bits per heavy atom. The van der Waals surface area contributed by atoms with Gasteiger partial charge in [0.25, 0.3) is 5.91 Å². The Kier molecular flexibility index (Phi) is 15.0. The standard InChI is InChI=1S/C40H54F2N8O6S/c1-39(2,47-34(52)17-6-5-16-33-35-31(23-57-33)45-38(54)46-35)24-56-40(3,4)20-26-21-50(49-48-26)27-12-9-11-25(19-27)37(53)44-30(15-7-8-18-43)32(51)22-55-36-28(41)13-10-14-29(36)42/h9-14,19,21,30-31,33,35H,5-8,15-18,20,22-24,43H2,1-4H3,(H,44,53)(H,47,52)(H2,45,46,54)/t30?,31-,33-,35-/m0/s1. The number of carbonyl (C=O) groups is 4. The van der Waals surface area contributed by atoms with Crippen molar-refractivity contribution in [2.24, 2.45) is 5.73 Å². The minimum atomic E-state index is -0.975. The van der Waals surface area contributed by atoms with E-state index in [2.05, 4.69) is 31.6 Å². The second-order valence-corrected chi connectivity index (χ2v) is 17.1. The highest BCUT2D eigenvalue weighted by atomic mass is 32.2. The van der Waals surface area contributed by atoms with Crippen molar-refractivity contribution in [1.29, 1.82) is 0 Å². The van der Waals surface area contributed by atoms with Crippen molar-refractivity contribution in [1.82, 2.24) is 36.3 Å². The van der Waals surface area contributed by atoms with Crippen LogP contribution < -0.4 is 31.7 Å². The van der Waals surface area contributed by atoms with E-state index >= 15 is 0 Å². The van der Waals surface area contributed by atoms with Crippen LogP contribution >= 0.6 is 11.8 Å². The van der Waals surface area contributed by atoms with Crippen molar-refractivity contribution in [3.05, 3.63) is 71.6 Å². The first-order chi connectivity index (χ1) is 27.1. The second-order valence-electron chi connectivity index (χ2n) is 15.8. The zero-order valence-corrected chi connectivity index (χ0v) is 33.8. The van der Waals surface area contributed by atoms with Crippen LogP contribution in [0.25, 0.3) is 5.69 Å². The number of thioether (sulfide) groups is 1. The van der Waals surface area contributed by atoms with Crippen molar-refractivity contribution in [2.45, 2.75) is 114 Å². The maximum Gasteiger partial charge on any atom is 0.315 e. The molecule has 2 aromatic carbocycles. The summed E-state index contributed by atoms with van der Waals surface area (Å²) in [6.45, 7) is 7.75. The van der Waals surface area contributed by atoms with E-state index in [1.54, 1.807) is 30.5 Å². The third-order valence-corrected chi connectivity index (χ3v) is 11.3. The molecule has 0 aliphatic carbocycles. The van der Waals surface area contributed by atoms with E-state index in [1.165, 1.54) is 10.7 Å². The monoisotopic (exact) mass is 812 g/mol. The number of fused-ring (bicyclic) bond motifs is 1. The number of hydrogen-bond donors (Lipinski definition) is 5. The van der Waals surface area contributed by atoms with Crippen molar-refractivity contribution >= 4 is 35.4 Å². The molecule has 2 aliphatic heterocycles. The summed E-state index contributed by atoms with van der Waals surface area (Å²) in [5, 5.41) is 20.8. The smallest absolute Gasteiger partial charge is 0.315 e. The van der Waals surface area contributed by atoms with Gasteiger partial charge in [0.1, 0.15) is 6.61 Å². The van der Waals surface area contributed by atoms with Crippen LogP contribution in [-0.2, 0) is 20.7 Å². The summed E-state index contributed by atoms with van der Waals surface area (Å²) < 4.78 is 41.1. The van der Waals surface area contributed by atoms with Gasteiger partial charge in [-0.15, -0.1) is 5.10 Å². The topological polar surface area (TPSA) is 192 Å². The maximum atomic E-state index is 14.1. The number of unbranched alkanes of at least 4 members (excludes halogenated alkanes) is 2. The van der Waals surface area contributed by atoms with Crippen LogP contribution in [0.4, 0.5) is 13.6 Å². The van der Waals surface area contributed by atoms with Gasteiger partial charge in [-0.05, 0) is 96.7 Å². The van der Waals surface area contributed by atoms with Gasteiger partial charge in [0.2, 0.25) is 5.91 Å². The lowest BCUT2D eigenvalue weighted by molar-refractivity contribution is -0.125. The van der Waals surface area contributed by atoms with Crippen molar-refractivity contribution in [2.75, 3.05) is 25.5 Å². The molecule has 2 aliphatic rings. The molecule has 3 heterocycles. The molecule has 1 aromatic heterocycles. The summed E-state index contributed by atoms with van der Waals surface area (Å²) in [6.07, 6.45) is 6.62. The highest BCUT2D eigenvalue weighted by Crippen LogP contribution is 2.33. The third kappa shape index (κ3) is 12.7. The minimum Gasteiger partial charge on any atom is -0.480 e. The molecule has 6 N–H and O–H groups in total. The minimum absolute atomic E-state index is 0.0350. The lowest BCUT2D eigenvalue weighted by atomic mass is 10.0. The third-order valence-electron chi connectivity index (χ3n) is 9.82. The molecule has 2 saturated heterocycles.